The third kappa shape index (κ3) is 3.14. The number of hydrogen-bond acceptors (Lipinski definition) is 2. The zero-order chi connectivity index (χ0) is 12.5. The van der Waals surface area contributed by atoms with Gasteiger partial charge < -0.3 is 10.0 Å². The molecule has 1 aromatic carbocycles. The van der Waals surface area contributed by atoms with Gasteiger partial charge in [-0.05, 0) is 37.6 Å². The summed E-state index contributed by atoms with van der Waals surface area (Å²) in [5.41, 5.74) is 0.198. The number of rotatable bonds is 2. The zero-order valence-electron chi connectivity index (χ0n) is 9.92. The lowest BCUT2D eigenvalue weighted by Crippen LogP contribution is -2.44. The van der Waals surface area contributed by atoms with Crippen molar-refractivity contribution in [1.29, 1.82) is 0 Å². The van der Waals surface area contributed by atoms with Crippen molar-refractivity contribution in [2.24, 2.45) is 0 Å². The van der Waals surface area contributed by atoms with E-state index in [4.69, 9.17) is 23.2 Å². The van der Waals surface area contributed by atoms with Crippen LogP contribution in [0.5, 0.6) is 0 Å². The molecule has 1 aromatic rings. The van der Waals surface area contributed by atoms with Crippen LogP contribution >= 0.6 is 23.2 Å². The summed E-state index contributed by atoms with van der Waals surface area (Å²) in [5.74, 6) is 0. The molecule has 0 atom stereocenters. The Kier molecular flexibility index (Phi) is 3.99. The molecule has 2 rings (SSSR count). The van der Waals surface area contributed by atoms with Crippen LogP contribution in [0.2, 0.25) is 10.0 Å². The van der Waals surface area contributed by atoms with Crippen molar-refractivity contribution in [3.8, 4) is 0 Å². The molecule has 1 heterocycles. The molecular weight excluding hydrogens is 257 g/mol. The minimum Gasteiger partial charge on any atom is -0.389 e. The number of likely N-dealkylation sites (tertiary alicyclic amines) is 1. The Morgan fingerprint density at radius 1 is 1.24 bits per heavy atom. The summed E-state index contributed by atoms with van der Waals surface area (Å²) in [4.78, 5) is 2.22. The number of halogens is 2. The van der Waals surface area contributed by atoms with E-state index in [1.54, 1.807) is 0 Å². The van der Waals surface area contributed by atoms with Gasteiger partial charge in [0.2, 0.25) is 0 Å². The average Bonchev–Trinajstić information content (AvgIpc) is 2.29. The van der Waals surface area contributed by atoms with Gasteiger partial charge in [0.15, 0.2) is 0 Å². The van der Waals surface area contributed by atoms with Crippen LogP contribution in [0.15, 0.2) is 18.2 Å². The van der Waals surface area contributed by atoms with Crippen molar-refractivity contribution >= 4 is 23.2 Å². The second-order valence-corrected chi connectivity index (χ2v) is 5.72. The van der Waals surface area contributed by atoms with Gasteiger partial charge in [-0.2, -0.15) is 0 Å². The molecule has 2 nitrogen and oxygen atoms in total. The van der Waals surface area contributed by atoms with Crippen molar-refractivity contribution in [3.05, 3.63) is 33.8 Å². The van der Waals surface area contributed by atoms with E-state index in [-0.39, 0.29) is 0 Å². The van der Waals surface area contributed by atoms with Crippen molar-refractivity contribution in [2.45, 2.75) is 24.9 Å². The SMILES string of the molecule is CN1CCC(O)(Cc2c(Cl)cccc2Cl)CC1. The first-order valence-corrected chi connectivity index (χ1v) is 6.60. The van der Waals surface area contributed by atoms with Gasteiger partial charge in [0, 0.05) is 29.6 Å². The Morgan fingerprint density at radius 3 is 2.29 bits per heavy atom. The first-order chi connectivity index (χ1) is 8.00. The highest BCUT2D eigenvalue weighted by molar-refractivity contribution is 6.36. The van der Waals surface area contributed by atoms with Crippen LogP contribution < -0.4 is 0 Å². The highest BCUT2D eigenvalue weighted by atomic mass is 35.5. The Bertz CT molecular complexity index is 380. The summed E-state index contributed by atoms with van der Waals surface area (Å²) in [6.07, 6.45) is 2.08. The predicted octanol–water partition coefficient (Wildman–Crippen LogP) is 2.99. The lowest BCUT2D eigenvalue weighted by molar-refractivity contribution is -0.0150. The number of nitrogens with zero attached hydrogens (tertiary/aromatic N) is 1. The van der Waals surface area contributed by atoms with Crippen LogP contribution in [0.4, 0.5) is 0 Å². The van der Waals surface area contributed by atoms with Gasteiger partial charge in [-0.1, -0.05) is 29.3 Å². The molecule has 0 spiro atoms. The molecule has 0 amide bonds. The van der Waals surface area contributed by atoms with E-state index in [0.29, 0.717) is 16.5 Å². The molecule has 94 valence electrons. The minimum absolute atomic E-state index is 0.541. The van der Waals surface area contributed by atoms with Crippen molar-refractivity contribution in [1.82, 2.24) is 4.90 Å². The van der Waals surface area contributed by atoms with Crippen molar-refractivity contribution < 1.29 is 5.11 Å². The summed E-state index contributed by atoms with van der Waals surface area (Å²) in [6.45, 7) is 1.83. The third-order valence-corrected chi connectivity index (χ3v) is 4.19. The molecule has 17 heavy (non-hydrogen) atoms. The fraction of sp³-hybridized carbons (Fsp3) is 0.538. The summed E-state index contributed by atoms with van der Waals surface area (Å²) in [7, 11) is 2.07. The van der Waals surface area contributed by atoms with Gasteiger partial charge in [0.1, 0.15) is 0 Å². The summed E-state index contributed by atoms with van der Waals surface area (Å²) in [5, 5.41) is 11.8. The topological polar surface area (TPSA) is 23.5 Å². The average molecular weight is 274 g/mol. The maximum atomic E-state index is 10.5. The smallest absolute Gasteiger partial charge is 0.0713 e. The van der Waals surface area contributed by atoms with Crippen LogP contribution in [0, 0.1) is 0 Å². The van der Waals surface area contributed by atoms with Crippen LogP contribution in [-0.2, 0) is 6.42 Å². The van der Waals surface area contributed by atoms with Gasteiger partial charge in [0.25, 0.3) is 0 Å². The van der Waals surface area contributed by atoms with Gasteiger partial charge in [-0.15, -0.1) is 0 Å². The Balaban J connectivity index is 2.15. The van der Waals surface area contributed by atoms with Gasteiger partial charge in [0.05, 0.1) is 5.60 Å². The summed E-state index contributed by atoms with van der Waals surface area (Å²) < 4.78 is 0. The number of benzene rings is 1. The molecule has 1 aliphatic heterocycles. The first-order valence-electron chi connectivity index (χ1n) is 5.84. The third-order valence-electron chi connectivity index (χ3n) is 3.49. The van der Waals surface area contributed by atoms with E-state index < -0.39 is 5.60 Å². The fourth-order valence-electron chi connectivity index (χ4n) is 2.24. The predicted molar refractivity (Wildman–Crippen MR) is 71.8 cm³/mol. The highest BCUT2D eigenvalue weighted by Crippen LogP contribution is 2.32. The van der Waals surface area contributed by atoms with Gasteiger partial charge in [-0.3, -0.25) is 0 Å². The van der Waals surface area contributed by atoms with Crippen LogP contribution in [0.1, 0.15) is 18.4 Å². The maximum Gasteiger partial charge on any atom is 0.0713 e. The maximum absolute atomic E-state index is 10.5. The Morgan fingerprint density at radius 2 is 1.76 bits per heavy atom. The van der Waals surface area contributed by atoms with E-state index in [2.05, 4.69) is 11.9 Å². The van der Waals surface area contributed by atoms with E-state index in [0.717, 1.165) is 31.5 Å². The van der Waals surface area contributed by atoms with Crippen molar-refractivity contribution in [2.75, 3.05) is 20.1 Å². The second-order valence-electron chi connectivity index (χ2n) is 4.90. The van der Waals surface area contributed by atoms with Crippen molar-refractivity contribution in [3.63, 3.8) is 0 Å². The van der Waals surface area contributed by atoms with Crippen LogP contribution in [-0.4, -0.2) is 35.7 Å². The first kappa shape index (κ1) is 13.2. The largest absolute Gasteiger partial charge is 0.389 e. The standard InChI is InChI=1S/C13H17Cl2NO/c1-16-7-5-13(17,6-8-16)9-10-11(14)3-2-4-12(10)15/h2-4,17H,5-9H2,1H3. The van der Waals surface area contributed by atoms with E-state index in [1.807, 2.05) is 18.2 Å². The van der Waals surface area contributed by atoms with E-state index in [1.165, 1.54) is 0 Å². The van der Waals surface area contributed by atoms with E-state index >= 15 is 0 Å². The van der Waals surface area contributed by atoms with Crippen LogP contribution in [0.3, 0.4) is 0 Å². The number of aliphatic hydroxyl groups is 1. The molecule has 0 radical (unpaired) electrons. The molecule has 0 saturated carbocycles. The molecule has 0 aliphatic carbocycles. The normalized spacial score (nSPS) is 20.5. The molecule has 1 aliphatic rings. The highest BCUT2D eigenvalue weighted by Gasteiger charge is 2.32. The second kappa shape index (κ2) is 5.15. The lowest BCUT2D eigenvalue weighted by Gasteiger charge is -2.37. The zero-order valence-corrected chi connectivity index (χ0v) is 11.4. The molecule has 1 saturated heterocycles. The Hall–Kier alpha value is -0.280. The molecule has 0 unspecified atom stereocenters. The minimum atomic E-state index is -0.666. The van der Waals surface area contributed by atoms with Crippen LogP contribution in [0.25, 0.3) is 0 Å². The molecule has 1 fully saturated rings. The summed E-state index contributed by atoms with van der Waals surface area (Å²) in [6, 6.07) is 5.47. The number of hydrogen-bond donors (Lipinski definition) is 1. The quantitative estimate of drug-likeness (QED) is 0.896. The monoisotopic (exact) mass is 273 g/mol. The molecule has 4 heteroatoms. The molecule has 0 aromatic heterocycles. The van der Waals surface area contributed by atoms with Gasteiger partial charge in [-0.25, -0.2) is 0 Å². The molecule has 0 bridgehead atoms. The fourth-order valence-corrected chi connectivity index (χ4v) is 2.77. The number of piperidine rings is 1. The molecule has 1 N–H and O–H groups in total. The Labute approximate surface area is 112 Å². The lowest BCUT2D eigenvalue weighted by atomic mass is 9.85. The molecular formula is C13H17Cl2NO. The summed E-state index contributed by atoms with van der Waals surface area (Å²) >= 11 is 12.3. The van der Waals surface area contributed by atoms with E-state index in [9.17, 15) is 5.11 Å². The van der Waals surface area contributed by atoms with Gasteiger partial charge >= 0.3 is 0 Å².